The van der Waals surface area contributed by atoms with Crippen LogP contribution in [-0.4, -0.2) is 53.4 Å². The molecule has 1 aromatic carbocycles. The fourth-order valence-electron chi connectivity index (χ4n) is 3.79. The van der Waals surface area contributed by atoms with E-state index in [1.807, 2.05) is 29.2 Å². The van der Waals surface area contributed by atoms with Gasteiger partial charge in [0.15, 0.2) is 0 Å². The molecular formula is C19H24ClNO4S. The predicted molar refractivity (Wildman–Crippen MR) is 102 cm³/mol. The van der Waals surface area contributed by atoms with Crippen LogP contribution in [0.25, 0.3) is 0 Å². The number of aliphatic carboxylic acids is 1. The number of hydrogen-bond acceptors (Lipinski definition) is 4. The van der Waals surface area contributed by atoms with Gasteiger partial charge >= 0.3 is 5.97 Å². The fraction of sp³-hybridized carbons (Fsp3) is 0.579. The zero-order chi connectivity index (χ0) is 18.5. The highest BCUT2D eigenvalue weighted by Gasteiger charge is 2.40. The van der Waals surface area contributed by atoms with Crippen LogP contribution < -0.4 is 0 Å². The largest absolute Gasteiger partial charge is 0.481 e. The molecule has 7 heteroatoms. The summed E-state index contributed by atoms with van der Waals surface area (Å²) in [5, 5.41) is 10.0. The Hall–Kier alpha value is -1.24. The van der Waals surface area contributed by atoms with Crippen molar-refractivity contribution in [3.8, 4) is 0 Å². The first-order valence-corrected chi connectivity index (χ1v) is 10.4. The standard InChI is InChI=1S/C19H24ClNO4S/c20-15-3-1-2-4-16(15)26-12-8-17(22)21-9-5-13(6-10-21)18-14(19(23)24)7-11-25-18/h1-4,13-14,18H,5-12H2,(H,23,24)/t14?,18-/m0/s1. The van der Waals surface area contributed by atoms with Gasteiger partial charge in [0.1, 0.15) is 0 Å². The molecule has 1 aromatic rings. The maximum Gasteiger partial charge on any atom is 0.309 e. The summed E-state index contributed by atoms with van der Waals surface area (Å²) in [5.74, 6) is -0.0582. The van der Waals surface area contributed by atoms with Crippen molar-refractivity contribution in [3.63, 3.8) is 0 Å². The number of halogens is 1. The Kier molecular flexibility index (Phi) is 6.84. The molecule has 2 atom stereocenters. The highest BCUT2D eigenvalue weighted by molar-refractivity contribution is 7.99. The molecule has 0 bridgehead atoms. The van der Waals surface area contributed by atoms with E-state index in [9.17, 15) is 14.7 Å². The van der Waals surface area contributed by atoms with E-state index in [2.05, 4.69) is 0 Å². The summed E-state index contributed by atoms with van der Waals surface area (Å²) in [4.78, 5) is 26.7. The van der Waals surface area contributed by atoms with Crippen molar-refractivity contribution in [2.75, 3.05) is 25.4 Å². The minimum absolute atomic E-state index is 0.158. The van der Waals surface area contributed by atoms with E-state index in [4.69, 9.17) is 16.3 Å². The highest BCUT2D eigenvalue weighted by Crippen LogP contribution is 2.33. The maximum absolute atomic E-state index is 12.4. The molecule has 2 saturated heterocycles. The number of nitrogens with zero attached hydrogens (tertiary/aromatic N) is 1. The first-order chi connectivity index (χ1) is 12.6. The smallest absolute Gasteiger partial charge is 0.309 e. The molecule has 0 saturated carbocycles. The molecule has 2 aliphatic heterocycles. The minimum Gasteiger partial charge on any atom is -0.481 e. The Labute approximate surface area is 163 Å². The van der Waals surface area contributed by atoms with Crippen LogP contribution in [0.2, 0.25) is 5.02 Å². The van der Waals surface area contributed by atoms with E-state index >= 15 is 0 Å². The summed E-state index contributed by atoms with van der Waals surface area (Å²) in [7, 11) is 0. The topological polar surface area (TPSA) is 66.8 Å². The normalized spacial score (nSPS) is 24.0. The minimum atomic E-state index is -0.761. The van der Waals surface area contributed by atoms with Crippen LogP contribution in [0.3, 0.4) is 0 Å². The number of carbonyl (C=O) groups excluding carboxylic acids is 1. The molecular weight excluding hydrogens is 374 g/mol. The van der Waals surface area contributed by atoms with Gasteiger partial charge in [-0.25, -0.2) is 0 Å². The molecule has 0 radical (unpaired) electrons. The van der Waals surface area contributed by atoms with Gasteiger partial charge in [0.2, 0.25) is 5.91 Å². The van der Waals surface area contributed by atoms with Gasteiger partial charge in [0.05, 0.1) is 17.0 Å². The summed E-state index contributed by atoms with van der Waals surface area (Å²) >= 11 is 7.73. The van der Waals surface area contributed by atoms with Gasteiger partial charge in [-0.05, 0) is 37.3 Å². The van der Waals surface area contributed by atoms with Crippen molar-refractivity contribution in [1.29, 1.82) is 0 Å². The Morgan fingerprint density at radius 3 is 2.65 bits per heavy atom. The molecule has 1 amide bonds. The number of benzene rings is 1. The third-order valence-electron chi connectivity index (χ3n) is 5.22. The van der Waals surface area contributed by atoms with E-state index in [1.54, 1.807) is 11.8 Å². The van der Waals surface area contributed by atoms with Crippen molar-refractivity contribution in [3.05, 3.63) is 29.3 Å². The van der Waals surface area contributed by atoms with Crippen LogP contribution in [0.4, 0.5) is 0 Å². The molecule has 2 fully saturated rings. The number of ether oxygens (including phenoxy) is 1. The van der Waals surface area contributed by atoms with E-state index in [-0.39, 0.29) is 17.9 Å². The number of carbonyl (C=O) groups is 2. The van der Waals surface area contributed by atoms with Gasteiger partial charge in [-0.1, -0.05) is 23.7 Å². The zero-order valence-corrected chi connectivity index (χ0v) is 16.2. The first kappa shape index (κ1) is 19.5. The van der Waals surface area contributed by atoms with Gasteiger partial charge in [-0.2, -0.15) is 0 Å². The highest BCUT2D eigenvalue weighted by atomic mass is 35.5. The number of thioether (sulfide) groups is 1. The lowest BCUT2D eigenvalue weighted by Crippen LogP contribution is -2.43. The van der Waals surface area contributed by atoms with Gasteiger partial charge in [-0.3, -0.25) is 9.59 Å². The number of hydrogen-bond donors (Lipinski definition) is 1. The third-order valence-corrected chi connectivity index (χ3v) is 6.74. The van der Waals surface area contributed by atoms with E-state index in [1.165, 1.54) is 0 Å². The van der Waals surface area contributed by atoms with E-state index in [0.29, 0.717) is 38.3 Å². The predicted octanol–water partition coefficient (Wildman–Crippen LogP) is 3.55. The van der Waals surface area contributed by atoms with Gasteiger partial charge < -0.3 is 14.7 Å². The Morgan fingerprint density at radius 2 is 1.96 bits per heavy atom. The van der Waals surface area contributed by atoms with Crippen LogP contribution in [0.5, 0.6) is 0 Å². The Morgan fingerprint density at radius 1 is 1.23 bits per heavy atom. The molecule has 1 N–H and O–H groups in total. The molecule has 0 aliphatic carbocycles. The van der Waals surface area contributed by atoms with E-state index in [0.717, 1.165) is 22.8 Å². The van der Waals surface area contributed by atoms with Crippen molar-refractivity contribution in [1.82, 2.24) is 4.90 Å². The molecule has 3 rings (SSSR count). The van der Waals surface area contributed by atoms with Crippen molar-refractivity contribution in [2.45, 2.75) is 36.7 Å². The number of piperidine rings is 1. The maximum atomic E-state index is 12.4. The second-order valence-electron chi connectivity index (χ2n) is 6.82. The average Bonchev–Trinajstić information content (AvgIpc) is 3.13. The van der Waals surface area contributed by atoms with Crippen LogP contribution in [0.15, 0.2) is 29.2 Å². The number of carboxylic acid groups (broad SMARTS) is 1. The second kappa shape index (κ2) is 9.11. The molecule has 142 valence electrons. The lowest BCUT2D eigenvalue weighted by Gasteiger charge is -2.35. The molecule has 0 aromatic heterocycles. The molecule has 2 heterocycles. The van der Waals surface area contributed by atoms with Crippen molar-refractivity contribution < 1.29 is 19.4 Å². The number of carboxylic acids is 1. The summed E-state index contributed by atoms with van der Waals surface area (Å²) in [6.45, 7) is 1.90. The van der Waals surface area contributed by atoms with Crippen LogP contribution in [-0.2, 0) is 14.3 Å². The first-order valence-electron chi connectivity index (χ1n) is 9.06. The van der Waals surface area contributed by atoms with Gasteiger partial charge in [0, 0.05) is 36.8 Å². The summed E-state index contributed by atoms with van der Waals surface area (Å²) in [6.07, 6.45) is 2.52. The van der Waals surface area contributed by atoms with Crippen LogP contribution >= 0.6 is 23.4 Å². The van der Waals surface area contributed by atoms with Gasteiger partial charge in [-0.15, -0.1) is 11.8 Å². The molecule has 2 aliphatic rings. The van der Waals surface area contributed by atoms with Crippen LogP contribution in [0.1, 0.15) is 25.7 Å². The quantitative estimate of drug-likeness (QED) is 0.743. The lowest BCUT2D eigenvalue weighted by atomic mass is 9.84. The Balaban J connectivity index is 1.42. The van der Waals surface area contributed by atoms with Crippen LogP contribution in [0, 0.1) is 11.8 Å². The Bertz CT molecular complexity index is 648. The second-order valence-corrected chi connectivity index (χ2v) is 8.36. The monoisotopic (exact) mass is 397 g/mol. The third kappa shape index (κ3) is 4.72. The molecule has 26 heavy (non-hydrogen) atoms. The fourth-order valence-corrected chi connectivity index (χ4v) is 4.96. The van der Waals surface area contributed by atoms with E-state index < -0.39 is 11.9 Å². The molecule has 5 nitrogen and oxygen atoms in total. The molecule has 1 unspecified atom stereocenters. The number of amides is 1. The van der Waals surface area contributed by atoms with Crippen molar-refractivity contribution >= 4 is 35.2 Å². The summed E-state index contributed by atoms with van der Waals surface area (Å²) < 4.78 is 5.69. The summed E-state index contributed by atoms with van der Waals surface area (Å²) in [6, 6.07) is 7.65. The average molecular weight is 398 g/mol. The molecule has 0 spiro atoms. The SMILES string of the molecule is O=C(O)C1CCO[C@H]1C1CCN(C(=O)CCSc2ccccc2Cl)CC1. The number of rotatable bonds is 6. The zero-order valence-electron chi connectivity index (χ0n) is 14.6. The van der Waals surface area contributed by atoms with Gasteiger partial charge in [0.25, 0.3) is 0 Å². The lowest BCUT2D eigenvalue weighted by molar-refractivity contribution is -0.146. The number of likely N-dealkylation sites (tertiary alicyclic amines) is 1. The van der Waals surface area contributed by atoms with Crippen molar-refractivity contribution in [2.24, 2.45) is 11.8 Å². The summed E-state index contributed by atoms with van der Waals surface area (Å²) in [5.41, 5.74) is 0.